The highest BCUT2D eigenvalue weighted by Gasteiger charge is 2.01. The van der Waals surface area contributed by atoms with E-state index in [1.807, 2.05) is 0 Å². The summed E-state index contributed by atoms with van der Waals surface area (Å²) in [6.45, 7) is 2.22. The number of nitrogens with two attached hydrogens (primary N) is 2. The van der Waals surface area contributed by atoms with Crippen LogP contribution in [0.2, 0.25) is 0 Å². The van der Waals surface area contributed by atoms with Gasteiger partial charge in [-0.25, -0.2) is 0 Å². The lowest BCUT2D eigenvalue weighted by Crippen LogP contribution is -2.39. The Morgan fingerprint density at radius 1 is 1.15 bits per heavy atom. The van der Waals surface area contributed by atoms with E-state index in [1.54, 1.807) is 0 Å². The maximum absolute atomic E-state index is 5.48. The molecule has 13 heavy (non-hydrogen) atoms. The van der Waals surface area contributed by atoms with E-state index in [-0.39, 0.29) is 50.9 Å². The molecule has 0 aromatic carbocycles. The van der Waals surface area contributed by atoms with E-state index in [0.717, 1.165) is 18.3 Å². The summed E-state index contributed by atoms with van der Waals surface area (Å²) < 4.78 is 0. The number of hydrogen-bond donors (Lipinski definition) is 3. The quantitative estimate of drug-likeness (QED) is 0.534. The first-order chi connectivity index (χ1) is 4.85. The van der Waals surface area contributed by atoms with Crippen molar-refractivity contribution in [2.24, 2.45) is 11.5 Å². The minimum absolute atomic E-state index is 0. The first-order valence-electron chi connectivity index (χ1n) is 3.54. The van der Waals surface area contributed by atoms with E-state index in [9.17, 15) is 0 Å². The molecule has 0 bridgehead atoms. The number of rotatable bonds is 6. The van der Waals surface area contributed by atoms with Crippen molar-refractivity contribution in [1.82, 2.24) is 5.32 Å². The Kier molecular flexibility index (Phi) is 36.0. The zero-order valence-electron chi connectivity index (χ0n) is 7.37. The summed E-state index contributed by atoms with van der Waals surface area (Å²) in [4.78, 5) is 0. The summed E-state index contributed by atoms with van der Waals surface area (Å²) in [6, 6.07) is 0.419. The van der Waals surface area contributed by atoms with Gasteiger partial charge in [-0.15, -0.1) is 50.9 Å². The fraction of sp³-hybridized carbons (Fsp3) is 1.00. The maximum atomic E-state index is 5.48. The van der Waals surface area contributed by atoms with Gasteiger partial charge < -0.3 is 16.8 Å². The lowest BCUT2D eigenvalue weighted by Gasteiger charge is -2.13. The van der Waals surface area contributed by atoms with Gasteiger partial charge in [-0.2, -0.15) is 0 Å². The Balaban J connectivity index is -0.000000135. The molecule has 0 rings (SSSR count). The van der Waals surface area contributed by atoms with Crippen LogP contribution in [0.15, 0.2) is 0 Å². The molecule has 0 spiro atoms. The molecule has 0 aromatic rings. The lowest BCUT2D eigenvalue weighted by molar-refractivity contribution is 0.516. The Hall–Kier alpha value is 1.80. The normalized spacial score (nSPS) is 10.4. The summed E-state index contributed by atoms with van der Waals surface area (Å²) in [5.41, 5.74) is 10.8. The van der Waals surface area contributed by atoms with Gasteiger partial charge in [0.2, 0.25) is 0 Å². The predicted molar refractivity (Wildman–Crippen MR) is 79.3 cm³/mol. The molecule has 86 valence electrons. The minimum atomic E-state index is 0. The average Bonchev–Trinajstić information content (AvgIpc) is 1.98. The van der Waals surface area contributed by atoms with Crippen LogP contribution in [0.1, 0.15) is 6.42 Å². The van der Waals surface area contributed by atoms with Gasteiger partial charge in [-0.1, -0.05) is 15.9 Å². The van der Waals surface area contributed by atoms with Crippen LogP contribution in [-0.4, -0.2) is 31.0 Å². The van der Waals surface area contributed by atoms with Crippen LogP contribution in [0.5, 0.6) is 0 Å². The van der Waals surface area contributed by atoms with E-state index >= 15 is 0 Å². The fourth-order valence-corrected chi connectivity index (χ4v) is 1.28. The van der Waals surface area contributed by atoms with Gasteiger partial charge >= 0.3 is 0 Å². The molecule has 0 amide bonds. The zero-order chi connectivity index (χ0) is 7.82. The van der Waals surface area contributed by atoms with Crippen LogP contribution in [-0.2, 0) is 0 Å². The monoisotopic (exact) mass is 449 g/mol. The Morgan fingerprint density at radius 3 is 2.00 bits per heavy atom. The lowest BCUT2D eigenvalue weighted by atomic mass is 10.2. The van der Waals surface area contributed by atoms with Gasteiger partial charge in [0.25, 0.3) is 0 Å². The van der Waals surface area contributed by atoms with Crippen LogP contribution >= 0.6 is 66.9 Å². The van der Waals surface area contributed by atoms with Gasteiger partial charge in [-0.05, 0) is 6.42 Å². The van der Waals surface area contributed by atoms with E-state index in [2.05, 4.69) is 21.2 Å². The SMILES string of the molecule is Br.Br.Br.NCCNC(CN)CCBr. The Bertz CT molecular complexity index is 76.9. The van der Waals surface area contributed by atoms with Crippen molar-refractivity contribution in [2.45, 2.75) is 12.5 Å². The highest BCUT2D eigenvalue weighted by molar-refractivity contribution is 9.09. The molecule has 0 saturated carbocycles. The molecule has 0 aliphatic rings. The molecular weight excluding hydrogens is 434 g/mol. The third-order valence-electron chi connectivity index (χ3n) is 1.32. The van der Waals surface area contributed by atoms with E-state index in [4.69, 9.17) is 11.5 Å². The van der Waals surface area contributed by atoms with Gasteiger partial charge in [0.15, 0.2) is 0 Å². The third-order valence-corrected chi connectivity index (χ3v) is 1.78. The van der Waals surface area contributed by atoms with Gasteiger partial charge in [0, 0.05) is 31.0 Å². The second-order valence-corrected chi connectivity index (χ2v) is 2.95. The topological polar surface area (TPSA) is 64.1 Å². The summed E-state index contributed by atoms with van der Waals surface area (Å²) in [5.74, 6) is 0. The molecule has 0 radical (unpaired) electrons. The summed E-state index contributed by atoms with van der Waals surface area (Å²) in [6.07, 6.45) is 1.07. The standard InChI is InChI=1S/C6H16BrN3.3BrH/c7-2-1-6(5-9)10-4-3-8;;;/h6,10H,1-5,8-9H2;3*1H. The molecule has 0 saturated heterocycles. The van der Waals surface area contributed by atoms with Crippen LogP contribution in [0, 0.1) is 0 Å². The van der Waals surface area contributed by atoms with E-state index in [1.165, 1.54) is 0 Å². The van der Waals surface area contributed by atoms with Crippen molar-refractivity contribution < 1.29 is 0 Å². The molecule has 1 unspecified atom stereocenters. The highest BCUT2D eigenvalue weighted by Crippen LogP contribution is 1.93. The number of hydrogen-bond acceptors (Lipinski definition) is 3. The predicted octanol–water partition coefficient (Wildman–Crippen LogP) is 1.38. The molecule has 0 heterocycles. The summed E-state index contributed by atoms with van der Waals surface area (Å²) in [7, 11) is 0. The first-order valence-corrected chi connectivity index (χ1v) is 4.66. The van der Waals surface area contributed by atoms with Crippen molar-refractivity contribution in [3.8, 4) is 0 Å². The molecule has 0 fully saturated rings. The molecule has 0 aromatic heterocycles. The molecule has 3 nitrogen and oxygen atoms in total. The van der Waals surface area contributed by atoms with Gasteiger partial charge in [0.1, 0.15) is 0 Å². The van der Waals surface area contributed by atoms with E-state index < -0.39 is 0 Å². The second-order valence-electron chi connectivity index (χ2n) is 2.15. The maximum Gasteiger partial charge on any atom is 0.0198 e. The smallest absolute Gasteiger partial charge is 0.0198 e. The van der Waals surface area contributed by atoms with Crippen molar-refractivity contribution in [3.05, 3.63) is 0 Å². The van der Waals surface area contributed by atoms with Crippen molar-refractivity contribution in [1.29, 1.82) is 0 Å². The van der Waals surface area contributed by atoms with Crippen molar-refractivity contribution >= 4 is 66.9 Å². The summed E-state index contributed by atoms with van der Waals surface area (Å²) in [5, 5.41) is 4.23. The number of halogens is 4. The molecule has 0 aliphatic carbocycles. The largest absolute Gasteiger partial charge is 0.329 e. The summed E-state index contributed by atoms with van der Waals surface area (Å²) >= 11 is 3.36. The Morgan fingerprint density at radius 2 is 1.69 bits per heavy atom. The molecule has 0 aliphatic heterocycles. The van der Waals surface area contributed by atoms with Crippen LogP contribution in [0.3, 0.4) is 0 Å². The van der Waals surface area contributed by atoms with Gasteiger partial charge in [-0.3, -0.25) is 0 Å². The molecule has 1 atom stereocenters. The van der Waals surface area contributed by atoms with Crippen LogP contribution in [0.25, 0.3) is 0 Å². The Labute approximate surface area is 120 Å². The van der Waals surface area contributed by atoms with E-state index in [0.29, 0.717) is 19.1 Å². The fourth-order valence-electron chi connectivity index (χ4n) is 0.722. The minimum Gasteiger partial charge on any atom is -0.329 e. The van der Waals surface area contributed by atoms with Crippen molar-refractivity contribution in [2.75, 3.05) is 25.0 Å². The second kappa shape index (κ2) is 19.4. The zero-order valence-corrected chi connectivity index (χ0v) is 14.1. The van der Waals surface area contributed by atoms with Gasteiger partial charge in [0.05, 0.1) is 0 Å². The molecular formula is C6H19Br4N3. The van der Waals surface area contributed by atoms with Crippen LogP contribution in [0.4, 0.5) is 0 Å². The molecule has 7 heteroatoms. The first kappa shape index (κ1) is 24.2. The average molecular weight is 453 g/mol. The van der Waals surface area contributed by atoms with Crippen LogP contribution < -0.4 is 16.8 Å². The van der Waals surface area contributed by atoms with Crippen molar-refractivity contribution in [3.63, 3.8) is 0 Å². The highest BCUT2D eigenvalue weighted by atomic mass is 79.9. The number of nitrogens with one attached hydrogen (secondary N) is 1. The third kappa shape index (κ3) is 16.5. The number of alkyl halides is 1. The molecule has 5 N–H and O–H groups in total.